The van der Waals surface area contributed by atoms with Gasteiger partial charge in [0.2, 0.25) is 0 Å². The Kier molecular flexibility index (Phi) is 12.1. The zero-order chi connectivity index (χ0) is 28.0. The summed E-state index contributed by atoms with van der Waals surface area (Å²) >= 11 is 8.94. The second kappa shape index (κ2) is 13.9. The maximum atomic E-state index is 12.6. The molecule has 0 aromatic carbocycles. The van der Waals surface area contributed by atoms with Gasteiger partial charge >= 0.3 is 11.4 Å². The van der Waals surface area contributed by atoms with E-state index in [9.17, 15) is 18.0 Å². The molecule has 0 radical (unpaired) electrons. The highest BCUT2D eigenvalue weighted by Crippen LogP contribution is 2.25. The molecule has 0 saturated carbocycles. The van der Waals surface area contributed by atoms with Gasteiger partial charge in [0, 0.05) is 81.2 Å². The van der Waals surface area contributed by atoms with Crippen molar-refractivity contribution in [3.05, 3.63) is 33.4 Å². The molecule has 2 aromatic rings. The van der Waals surface area contributed by atoms with Gasteiger partial charge in [0.25, 0.3) is 0 Å². The van der Waals surface area contributed by atoms with Crippen molar-refractivity contribution < 1.29 is 8.42 Å². The van der Waals surface area contributed by atoms with E-state index in [0.717, 1.165) is 25.7 Å². The average molecular weight is 593 g/mol. The summed E-state index contributed by atoms with van der Waals surface area (Å²) in [6, 6.07) is 0. The van der Waals surface area contributed by atoms with E-state index in [2.05, 4.69) is 25.3 Å². The molecule has 0 spiro atoms. The van der Waals surface area contributed by atoms with Crippen LogP contribution in [0.5, 0.6) is 0 Å². The monoisotopic (exact) mass is 592 g/mol. The van der Waals surface area contributed by atoms with Gasteiger partial charge in [-0.1, -0.05) is 0 Å². The van der Waals surface area contributed by atoms with Gasteiger partial charge in [-0.15, -0.1) is 25.3 Å². The molecule has 0 aliphatic heterocycles. The predicted octanol–water partition coefficient (Wildman–Crippen LogP) is 3.85. The molecular weight excluding hydrogens is 549 g/mol. The highest BCUT2D eigenvalue weighted by atomic mass is 32.2. The first kappa shape index (κ1) is 32.2. The number of rotatable bonds is 16. The normalized spacial score (nSPS) is 14.3. The molecule has 2 atom stereocenters. The van der Waals surface area contributed by atoms with Gasteiger partial charge < -0.3 is 0 Å². The SMILES string of the molecule is CCn1cc(S)n(C(C)(C)CCCS(=O)CCCS(=O)CCCC(C)(C)n2c(S)cn(CC)c2=O)c1=O. The van der Waals surface area contributed by atoms with E-state index < -0.39 is 32.7 Å². The lowest BCUT2D eigenvalue weighted by atomic mass is 9.99. The Morgan fingerprint density at radius 3 is 1.30 bits per heavy atom. The largest absolute Gasteiger partial charge is 0.329 e. The fraction of sp³-hybridized carbons (Fsp3) is 0.760. The summed E-state index contributed by atoms with van der Waals surface area (Å²) in [5.74, 6) is 2.19. The molecule has 8 nitrogen and oxygen atoms in total. The Labute approximate surface area is 237 Å². The van der Waals surface area contributed by atoms with Crippen molar-refractivity contribution in [2.45, 2.75) is 108 Å². The molecule has 0 saturated heterocycles. The van der Waals surface area contributed by atoms with Crippen molar-refractivity contribution in [3.8, 4) is 0 Å². The lowest BCUT2D eigenvalue weighted by Crippen LogP contribution is -2.37. The fourth-order valence-electron chi connectivity index (χ4n) is 4.69. The van der Waals surface area contributed by atoms with Crippen LogP contribution in [0, 0.1) is 0 Å². The minimum absolute atomic E-state index is 0.0676. The van der Waals surface area contributed by atoms with Crippen molar-refractivity contribution in [2.75, 3.05) is 23.0 Å². The lowest BCUT2D eigenvalue weighted by Gasteiger charge is -2.27. The van der Waals surface area contributed by atoms with Crippen molar-refractivity contribution in [2.24, 2.45) is 0 Å². The van der Waals surface area contributed by atoms with Crippen molar-refractivity contribution >= 4 is 46.9 Å². The molecule has 2 rings (SSSR count). The Balaban J connectivity index is 1.72. The highest BCUT2D eigenvalue weighted by Gasteiger charge is 2.26. The van der Waals surface area contributed by atoms with E-state index in [1.807, 2.05) is 41.5 Å². The van der Waals surface area contributed by atoms with E-state index in [1.165, 1.54) is 0 Å². The number of aryl methyl sites for hydroxylation is 2. The predicted molar refractivity (Wildman–Crippen MR) is 161 cm³/mol. The van der Waals surface area contributed by atoms with Gasteiger partial charge in [0.15, 0.2) is 0 Å². The van der Waals surface area contributed by atoms with Crippen LogP contribution in [0.2, 0.25) is 0 Å². The molecule has 37 heavy (non-hydrogen) atoms. The van der Waals surface area contributed by atoms with E-state index >= 15 is 0 Å². The van der Waals surface area contributed by atoms with Crippen LogP contribution < -0.4 is 11.4 Å². The first-order valence-corrected chi connectivity index (χ1v) is 16.9. The standard InChI is InChI=1S/C25H44N4O4S4/c1-7-26-18-20(34)28(22(26)30)24(3,4)12-9-14-36(32)16-11-17-37(33)15-10-13-25(5,6)29-21(35)19-27(8-2)23(29)31/h18-19,34-35H,7-17H2,1-6H3. The minimum atomic E-state index is -0.978. The van der Waals surface area contributed by atoms with Crippen LogP contribution in [0.1, 0.15) is 73.6 Å². The number of hydrogen-bond donors (Lipinski definition) is 2. The molecule has 0 aliphatic carbocycles. The first-order valence-electron chi connectivity index (χ1n) is 13.0. The quantitative estimate of drug-likeness (QED) is 0.290. The second-order valence-electron chi connectivity index (χ2n) is 10.7. The van der Waals surface area contributed by atoms with Crippen LogP contribution in [0.25, 0.3) is 0 Å². The zero-order valence-electron chi connectivity index (χ0n) is 23.1. The number of nitrogens with zero attached hydrogens (tertiary/aromatic N) is 4. The number of hydrogen-bond acceptors (Lipinski definition) is 6. The molecule has 0 aliphatic rings. The van der Waals surface area contributed by atoms with E-state index in [4.69, 9.17) is 0 Å². The highest BCUT2D eigenvalue weighted by molar-refractivity contribution is 7.85. The van der Waals surface area contributed by atoms with E-state index in [1.54, 1.807) is 30.7 Å². The third-order valence-electron chi connectivity index (χ3n) is 6.83. The van der Waals surface area contributed by atoms with Crippen LogP contribution in [0.3, 0.4) is 0 Å². The van der Waals surface area contributed by atoms with Crippen molar-refractivity contribution in [1.82, 2.24) is 18.3 Å². The van der Waals surface area contributed by atoms with Crippen LogP contribution in [0.4, 0.5) is 0 Å². The molecule has 0 bridgehead atoms. The summed E-state index contributed by atoms with van der Waals surface area (Å²) in [4.78, 5) is 25.2. The Bertz CT molecular complexity index is 1110. The van der Waals surface area contributed by atoms with Gasteiger partial charge in [-0.25, -0.2) is 9.59 Å². The topological polar surface area (TPSA) is 88.0 Å². The Morgan fingerprint density at radius 1 is 0.676 bits per heavy atom. The van der Waals surface area contributed by atoms with Crippen LogP contribution in [-0.2, 0) is 45.8 Å². The second-order valence-corrected chi connectivity index (χ2v) is 15.0. The lowest BCUT2D eigenvalue weighted by molar-refractivity contribution is 0.294. The van der Waals surface area contributed by atoms with Crippen LogP contribution in [0.15, 0.2) is 32.0 Å². The Hall–Kier alpha value is -0.980. The molecule has 2 heterocycles. The maximum absolute atomic E-state index is 12.6. The third kappa shape index (κ3) is 8.50. The van der Waals surface area contributed by atoms with Crippen LogP contribution in [-0.4, -0.2) is 49.7 Å². The molecule has 0 N–H and O–H groups in total. The fourth-order valence-corrected chi connectivity index (χ4v) is 8.14. The minimum Gasteiger partial charge on any atom is -0.298 e. The smallest absolute Gasteiger partial charge is 0.298 e. The summed E-state index contributed by atoms with van der Waals surface area (Å²) in [5, 5.41) is 1.28. The molecule has 212 valence electrons. The van der Waals surface area contributed by atoms with E-state index in [-0.39, 0.29) is 11.4 Å². The summed E-state index contributed by atoms with van der Waals surface area (Å²) in [6.45, 7) is 13.1. The van der Waals surface area contributed by atoms with Crippen molar-refractivity contribution in [3.63, 3.8) is 0 Å². The molecule has 12 heteroatoms. The van der Waals surface area contributed by atoms with E-state index in [0.29, 0.717) is 52.6 Å². The van der Waals surface area contributed by atoms with Gasteiger partial charge in [0.05, 0.1) is 10.1 Å². The summed E-state index contributed by atoms with van der Waals surface area (Å²) in [7, 11) is -1.96. The number of thiol groups is 2. The summed E-state index contributed by atoms with van der Waals surface area (Å²) < 4.78 is 31.7. The third-order valence-corrected chi connectivity index (χ3v) is 10.4. The maximum Gasteiger partial charge on any atom is 0.329 e. The average Bonchev–Trinajstić information content (AvgIpc) is 3.27. The molecule has 2 aromatic heterocycles. The van der Waals surface area contributed by atoms with Crippen LogP contribution >= 0.6 is 25.3 Å². The zero-order valence-corrected chi connectivity index (χ0v) is 26.5. The molecule has 0 amide bonds. The van der Waals surface area contributed by atoms with Crippen molar-refractivity contribution in [1.29, 1.82) is 0 Å². The van der Waals surface area contributed by atoms with Gasteiger partial charge in [-0.2, -0.15) is 0 Å². The molecule has 2 unspecified atom stereocenters. The summed E-state index contributed by atoms with van der Waals surface area (Å²) in [5.41, 5.74) is -0.956. The first-order chi connectivity index (χ1) is 17.2. The molecular formula is C25H44N4O4S4. The Morgan fingerprint density at radius 2 is 1.00 bits per heavy atom. The van der Waals surface area contributed by atoms with Gasteiger partial charge in [0.1, 0.15) is 0 Å². The molecule has 0 fully saturated rings. The number of imidazole rings is 2. The van der Waals surface area contributed by atoms with Gasteiger partial charge in [-0.05, 0) is 73.6 Å². The van der Waals surface area contributed by atoms with Gasteiger partial charge in [-0.3, -0.25) is 26.7 Å². The number of aromatic nitrogens is 4. The summed E-state index contributed by atoms with van der Waals surface area (Å²) in [6.07, 6.45) is 7.09.